The Bertz CT molecular complexity index is 502. The van der Waals surface area contributed by atoms with E-state index in [1.807, 2.05) is 6.92 Å². The minimum Gasteiger partial charge on any atom is -0.392 e. The number of aliphatic hydroxyl groups excluding tert-OH is 2. The third-order valence-corrected chi connectivity index (χ3v) is 4.99. The zero-order valence-electron chi connectivity index (χ0n) is 10.9. The second-order valence-corrected chi connectivity index (χ2v) is 5.88. The molecule has 4 nitrogen and oxygen atoms in total. The number of hydrogen-bond donors (Lipinski definition) is 2. The van der Waals surface area contributed by atoms with Gasteiger partial charge in [0.05, 0.1) is 12.7 Å². The molecule has 0 saturated heterocycles. The molecule has 0 bridgehead atoms. The smallest absolute Gasteiger partial charge is 0.182 e. The molecule has 102 valence electrons. The highest BCUT2D eigenvalue weighted by molar-refractivity contribution is 6.08. The van der Waals surface area contributed by atoms with Crippen LogP contribution in [0.15, 0.2) is 23.3 Å². The van der Waals surface area contributed by atoms with Crippen LogP contribution in [-0.4, -0.2) is 34.5 Å². The second kappa shape index (κ2) is 4.39. The molecule has 19 heavy (non-hydrogen) atoms. The van der Waals surface area contributed by atoms with Crippen molar-refractivity contribution in [3.05, 3.63) is 23.3 Å². The molecule has 0 spiro atoms. The molecule has 4 heteroatoms. The van der Waals surface area contributed by atoms with Crippen molar-refractivity contribution in [1.82, 2.24) is 0 Å². The molecule has 3 aliphatic rings. The number of carbonyl (C=O) groups is 2. The number of fused-ring (bicyclic) bond motifs is 3. The first-order chi connectivity index (χ1) is 9.04. The number of allylic oxidation sites excluding steroid dienone is 2. The maximum Gasteiger partial charge on any atom is 0.182 e. The number of aliphatic hydroxyl groups is 2. The first-order valence-corrected chi connectivity index (χ1v) is 6.81. The van der Waals surface area contributed by atoms with Crippen molar-refractivity contribution in [3.8, 4) is 0 Å². The zero-order valence-corrected chi connectivity index (χ0v) is 10.9. The monoisotopic (exact) mass is 262 g/mol. The average molecular weight is 262 g/mol. The van der Waals surface area contributed by atoms with Crippen LogP contribution in [0.4, 0.5) is 0 Å². The largest absolute Gasteiger partial charge is 0.392 e. The summed E-state index contributed by atoms with van der Waals surface area (Å²) in [5.74, 6) is -0.402. The van der Waals surface area contributed by atoms with Crippen LogP contribution in [0, 0.1) is 23.7 Å². The Kier molecular flexibility index (Phi) is 2.95. The first-order valence-electron chi connectivity index (χ1n) is 6.81. The zero-order chi connectivity index (χ0) is 13.7. The van der Waals surface area contributed by atoms with Gasteiger partial charge in [-0.15, -0.1) is 0 Å². The van der Waals surface area contributed by atoms with Crippen LogP contribution >= 0.6 is 0 Å². The molecule has 1 saturated carbocycles. The molecule has 0 amide bonds. The van der Waals surface area contributed by atoms with Crippen molar-refractivity contribution in [2.45, 2.75) is 25.9 Å². The molecule has 2 N–H and O–H groups in total. The Morgan fingerprint density at radius 1 is 1.37 bits per heavy atom. The van der Waals surface area contributed by atoms with Crippen LogP contribution in [0.25, 0.3) is 0 Å². The number of hydrogen-bond acceptors (Lipinski definition) is 4. The lowest BCUT2D eigenvalue weighted by Crippen LogP contribution is -2.31. The van der Waals surface area contributed by atoms with Crippen molar-refractivity contribution in [2.24, 2.45) is 23.7 Å². The molecule has 0 aromatic rings. The highest BCUT2D eigenvalue weighted by Gasteiger charge is 2.51. The Balaban J connectivity index is 2.05. The van der Waals surface area contributed by atoms with Gasteiger partial charge < -0.3 is 10.2 Å². The van der Waals surface area contributed by atoms with Crippen molar-refractivity contribution in [2.75, 3.05) is 6.61 Å². The van der Waals surface area contributed by atoms with Crippen molar-refractivity contribution in [3.63, 3.8) is 0 Å². The first kappa shape index (κ1) is 12.8. The van der Waals surface area contributed by atoms with E-state index in [1.54, 1.807) is 6.08 Å². The molecule has 0 aromatic carbocycles. The van der Waals surface area contributed by atoms with Gasteiger partial charge in [0.25, 0.3) is 0 Å². The van der Waals surface area contributed by atoms with Crippen LogP contribution < -0.4 is 0 Å². The molecule has 3 aliphatic carbocycles. The van der Waals surface area contributed by atoms with Crippen LogP contribution in [0.2, 0.25) is 0 Å². The predicted molar refractivity (Wildman–Crippen MR) is 68.1 cm³/mol. The van der Waals surface area contributed by atoms with Gasteiger partial charge in [0.15, 0.2) is 5.78 Å². The summed E-state index contributed by atoms with van der Waals surface area (Å²) in [5.41, 5.74) is 1.36. The fourth-order valence-electron chi connectivity index (χ4n) is 4.07. The van der Waals surface area contributed by atoms with Gasteiger partial charge >= 0.3 is 0 Å². The van der Waals surface area contributed by atoms with Crippen molar-refractivity contribution >= 4 is 11.6 Å². The summed E-state index contributed by atoms with van der Waals surface area (Å²) in [5, 5.41) is 19.7. The van der Waals surface area contributed by atoms with Gasteiger partial charge in [-0.25, -0.2) is 0 Å². The lowest BCUT2D eigenvalue weighted by Gasteiger charge is -2.29. The number of Topliss-reactive ketones (excluding diaryl/α,β-unsaturated/α-hetero) is 1. The number of rotatable bonds is 1. The van der Waals surface area contributed by atoms with E-state index in [-0.39, 0.29) is 41.8 Å². The summed E-state index contributed by atoms with van der Waals surface area (Å²) in [6, 6.07) is 0. The number of carbonyl (C=O) groups excluding carboxylic acids is 2. The Morgan fingerprint density at radius 3 is 2.79 bits per heavy atom. The van der Waals surface area contributed by atoms with Crippen LogP contribution in [0.1, 0.15) is 19.8 Å². The van der Waals surface area contributed by atoms with E-state index in [2.05, 4.69) is 0 Å². The van der Waals surface area contributed by atoms with Gasteiger partial charge in [0.1, 0.15) is 5.78 Å². The molecule has 1 fully saturated rings. The standard InChI is InChI=1S/C15H18O4/c1-7-12(18)5-10-14(7)11(17)3-2-9-13(19)4-8(6-16)15(9)10/h2,4,7,10-11,14-17H,3,5-6H2,1H3. The van der Waals surface area contributed by atoms with Gasteiger partial charge in [-0.2, -0.15) is 0 Å². The van der Waals surface area contributed by atoms with Gasteiger partial charge in [-0.05, 0) is 29.9 Å². The third kappa shape index (κ3) is 1.74. The average Bonchev–Trinajstić information content (AvgIpc) is 2.79. The van der Waals surface area contributed by atoms with Crippen molar-refractivity contribution < 1.29 is 19.8 Å². The van der Waals surface area contributed by atoms with Gasteiger partial charge in [-0.3, -0.25) is 9.59 Å². The minimum absolute atomic E-state index is 0.0453. The van der Waals surface area contributed by atoms with Crippen LogP contribution in [-0.2, 0) is 9.59 Å². The minimum atomic E-state index is -0.572. The van der Waals surface area contributed by atoms with Gasteiger partial charge in [0.2, 0.25) is 0 Å². The molecule has 3 rings (SSSR count). The molecule has 5 atom stereocenters. The van der Waals surface area contributed by atoms with Crippen LogP contribution in [0.5, 0.6) is 0 Å². The van der Waals surface area contributed by atoms with E-state index in [0.717, 1.165) is 0 Å². The van der Waals surface area contributed by atoms with Gasteiger partial charge in [0, 0.05) is 23.8 Å². The van der Waals surface area contributed by atoms with E-state index in [0.29, 0.717) is 24.0 Å². The van der Waals surface area contributed by atoms with E-state index < -0.39 is 6.10 Å². The molecule has 0 radical (unpaired) electrons. The molecular weight excluding hydrogens is 244 g/mol. The molecule has 0 aliphatic heterocycles. The molecule has 5 unspecified atom stereocenters. The summed E-state index contributed by atoms with van der Waals surface area (Å²) in [6.07, 6.45) is 3.54. The topological polar surface area (TPSA) is 74.6 Å². The third-order valence-electron chi connectivity index (χ3n) is 4.99. The summed E-state index contributed by atoms with van der Waals surface area (Å²) >= 11 is 0. The normalized spacial score (nSPS) is 41.5. The Morgan fingerprint density at radius 2 is 2.11 bits per heavy atom. The molecule has 0 aromatic heterocycles. The Labute approximate surface area is 111 Å². The second-order valence-electron chi connectivity index (χ2n) is 5.88. The fraction of sp³-hybridized carbons (Fsp3) is 0.600. The maximum atomic E-state index is 12.0. The van der Waals surface area contributed by atoms with E-state index in [4.69, 9.17) is 0 Å². The highest BCUT2D eigenvalue weighted by atomic mass is 16.3. The lowest BCUT2D eigenvalue weighted by molar-refractivity contribution is -0.121. The van der Waals surface area contributed by atoms with E-state index in [1.165, 1.54) is 6.08 Å². The van der Waals surface area contributed by atoms with Crippen LogP contribution in [0.3, 0.4) is 0 Å². The van der Waals surface area contributed by atoms with E-state index >= 15 is 0 Å². The Hall–Kier alpha value is -1.26. The summed E-state index contributed by atoms with van der Waals surface area (Å²) in [6.45, 7) is 1.70. The SMILES string of the molecule is CC1C(=O)CC2C3C(CO)=CC(=O)C3=CCC(O)C12. The molecular formula is C15H18O4. The predicted octanol–water partition coefficient (Wildman–Crippen LogP) is 0.636. The maximum absolute atomic E-state index is 12.0. The van der Waals surface area contributed by atoms with Gasteiger partial charge in [-0.1, -0.05) is 13.0 Å². The highest BCUT2D eigenvalue weighted by Crippen LogP contribution is 2.50. The molecule has 0 heterocycles. The quantitative estimate of drug-likeness (QED) is 0.727. The fourth-order valence-corrected chi connectivity index (χ4v) is 4.07. The summed E-state index contributed by atoms with van der Waals surface area (Å²) in [7, 11) is 0. The lowest BCUT2D eigenvalue weighted by atomic mass is 9.76. The number of ketones is 2. The van der Waals surface area contributed by atoms with Crippen molar-refractivity contribution in [1.29, 1.82) is 0 Å². The summed E-state index contributed by atoms with van der Waals surface area (Å²) in [4.78, 5) is 23.9. The van der Waals surface area contributed by atoms with E-state index in [9.17, 15) is 19.8 Å². The summed E-state index contributed by atoms with van der Waals surface area (Å²) < 4.78 is 0.